The van der Waals surface area contributed by atoms with Gasteiger partial charge in [0.1, 0.15) is 0 Å². The molecule has 0 saturated carbocycles. The van der Waals surface area contributed by atoms with Crippen LogP contribution in [0, 0.1) is 6.92 Å². The molecule has 0 aliphatic heterocycles. The number of carbonyl (C=O) groups excluding carboxylic acids is 1. The fraction of sp³-hybridized carbons (Fsp3) is 0.250. The van der Waals surface area contributed by atoms with E-state index in [0.29, 0.717) is 5.56 Å². The number of benzene rings is 1. The van der Waals surface area contributed by atoms with Crippen molar-refractivity contribution in [3.63, 3.8) is 0 Å². The summed E-state index contributed by atoms with van der Waals surface area (Å²) in [4.78, 5) is 12.4. The zero-order valence-corrected chi connectivity index (χ0v) is 10.4. The Morgan fingerprint density at radius 1 is 1.44 bits per heavy atom. The van der Waals surface area contributed by atoms with E-state index in [0.717, 1.165) is 5.52 Å². The SMILES string of the molecule is CSc1c(C)n(C)c2cc(C(N)=O)ccc12. The van der Waals surface area contributed by atoms with E-state index >= 15 is 0 Å². The van der Waals surface area contributed by atoms with Gasteiger partial charge in [-0.3, -0.25) is 4.79 Å². The van der Waals surface area contributed by atoms with Crippen LogP contribution >= 0.6 is 11.8 Å². The number of fused-ring (bicyclic) bond motifs is 1. The summed E-state index contributed by atoms with van der Waals surface area (Å²) in [5.41, 5.74) is 8.10. The monoisotopic (exact) mass is 234 g/mol. The van der Waals surface area contributed by atoms with Crippen LogP contribution in [0.3, 0.4) is 0 Å². The van der Waals surface area contributed by atoms with Crippen molar-refractivity contribution in [2.24, 2.45) is 12.8 Å². The largest absolute Gasteiger partial charge is 0.366 e. The van der Waals surface area contributed by atoms with Gasteiger partial charge in [0.25, 0.3) is 0 Å². The van der Waals surface area contributed by atoms with Crippen LogP contribution in [0.5, 0.6) is 0 Å². The lowest BCUT2D eigenvalue weighted by molar-refractivity contribution is 0.100. The fourth-order valence-electron chi connectivity index (χ4n) is 1.94. The highest BCUT2D eigenvalue weighted by Crippen LogP contribution is 2.32. The number of nitrogens with zero attached hydrogens (tertiary/aromatic N) is 1. The maximum atomic E-state index is 11.1. The standard InChI is InChI=1S/C12H14N2OS/c1-7-11(16-3)9-5-4-8(12(13)15)6-10(9)14(7)2/h4-6H,1-3H3,(H2,13,15). The molecule has 0 radical (unpaired) electrons. The van der Waals surface area contributed by atoms with Crippen LogP contribution in [0.25, 0.3) is 10.9 Å². The quantitative estimate of drug-likeness (QED) is 0.811. The van der Waals surface area contributed by atoms with Crippen molar-refractivity contribution >= 4 is 28.6 Å². The lowest BCUT2D eigenvalue weighted by Gasteiger charge is -1.99. The van der Waals surface area contributed by atoms with Crippen molar-refractivity contribution in [3.05, 3.63) is 29.5 Å². The van der Waals surface area contributed by atoms with E-state index in [4.69, 9.17) is 5.73 Å². The van der Waals surface area contributed by atoms with Gasteiger partial charge in [-0.15, -0.1) is 11.8 Å². The zero-order valence-electron chi connectivity index (χ0n) is 9.57. The molecule has 1 heterocycles. The molecule has 0 fully saturated rings. The van der Waals surface area contributed by atoms with Crippen molar-refractivity contribution in [3.8, 4) is 0 Å². The number of hydrogen-bond acceptors (Lipinski definition) is 2. The molecule has 2 rings (SSSR count). The Kier molecular flexibility index (Phi) is 2.68. The molecule has 0 aliphatic rings. The number of rotatable bonds is 2. The lowest BCUT2D eigenvalue weighted by atomic mass is 10.1. The summed E-state index contributed by atoms with van der Waals surface area (Å²) in [6.45, 7) is 2.08. The third-order valence-corrected chi connectivity index (χ3v) is 3.85. The van der Waals surface area contributed by atoms with Crippen molar-refractivity contribution < 1.29 is 4.79 Å². The van der Waals surface area contributed by atoms with Crippen molar-refractivity contribution in [2.75, 3.05) is 6.26 Å². The van der Waals surface area contributed by atoms with Crippen molar-refractivity contribution in [1.29, 1.82) is 0 Å². The minimum Gasteiger partial charge on any atom is -0.366 e. The second kappa shape index (κ2) is 3.87. The predicted octanol–water partition coefficient (Wildman–Crippen LogP) is 2.31. The van der Waals surface area contributed by atoms with E-state index in [1.54, 1.807) is 17.8 Å². The van der Waals surface area contributed by atoms with Crippen LogP contribution in [0.1, 0.15) is 16.1 Å². The Hall–Kier alpha value is -1.42. The third kappa shape index (κ3) is 1.50. The number of carbonyl (C=O) groups is 1. The van der Waals surface area contributed by atoms with E-state index in [-0.39, 0.29) is 5.91 Å². The van der Waals surface area contributed by atoms with Gasteiger partial charge in [0.05, 0.1) is 0 Å². The molecule has 0 spiro atoms. The van der Waals surface area contributed by atoms with Gasteiger partial charge in [-0.25, -0.2) is 0 Å². The number of primary amides is 1. The molecule has 84 valence electrons. The third-order valence-electron chi connectivity index (χ3n) is 2.92. The topological polar surface area (TPSA) is 48.0 Å². The number of nitrogens with two attached hydrogens (primary N) is 1. The molecule has 1 amide bonds. The number of thioether (sulfide) groups is 1. The first-order valence-electron chi connectivity index (χ1n) is 4.99. The van der Waals surface area contributed by atoms with Gasteiger partial charge in [-0.05, 0) is 25.3 Å². The van der Waals surface area contributed by atoms with Crippen LogP contribution in [0.15, 0.2) is 23.1 Å². The highest BCUT2D eigenvalue weighted by molar-refractivity contribution is 7.98. The van der Waals surface area contributed by atoms with E-state index in [9.17, 15) is 4.79 Å². The van der Waals surface area contributed by atoms with Gasteiger partial charge >= 0.3 is 0 Å². The second-order valence-corrected chi connectivity index (χ2v) is 4.59. The average molecular weight is 234 g/mol. The smallest absolute Gasteiger partial charge is 0.248 e. The van der Waals surface area contributed by atoms with Gasteiger partial charge in [-0.1, -0.05) is 6.07 Å². The normalized spacial score (nSPS) is 10.9. The van der Waals surface area contributed by atoms with Crippen LogP contribution in [0.2, 0.25) is 0 Å². The molecule has 16 heavy (non-hydrogen) atoms. The van der Waals surface area contributed by atoms with Gasteiger partial charge < -0.3 is 10.3 Å². The maximum absolute atomic E-state index is 11.1. The van der Waals surface area contributed by atoms with Crippen LogP contribution < -0.4 is 5.73 Å². The molecule has 0 unspecified atom stereocenters. The molecule has 3 nitrogen and oxygen atoms in total. The van der Waals surface area contributed by atoms with E-state index < -0.39 is 0 Å². The first kappa shape index (κ1) is 11.1. The molecular formula is C12H14N2OS. The molecule has 4 heteroatoms. The van der Waals surface area contributed by atoms with Crippen LogP contribution in [-0.2, 0) is 7.05 Å². The molecule has 2 N–H and O–H groups in total. The summed E-state index contributed by atoms with van der Waals surface area (Å²) in [7, 11) is 2.00. The van der Waals surface area contributed by atoms with Gasteiger partial charge in [0.2, 0.25) is 5.91 Å². The molecule has 2 aromatic rings. The molecule has 0 atom stereocenters. The maximum Gasteiger partial charge on any atom is 0.248 e. The Morgan fingerprint density at radius 3 is 2.69 bits per heavy atom. The Morgan fingerprint density at radius 2 is 2.12 bits per heavy atom. The Bertz CT molecular complexity index is 572. The van der Waals surface area contributed by atoms with Gasteiger partial charge in [0, 0.05) is 34.1 Å². The summed E-state index contributed by atoms with van der Waals surface area (Å²) in [6.07, 6.45) is 2.06. The summed E-state index contributed by atoms with van der Waals surface area (Å²) in [6, 6.07) is 5.60. The predicted molar refractivity (Wildman–Crippen MR) is 68.0 cm³/mol. The first-order valence-corrected chi connectivity index (χ1v) is 6.21. The van der Waals surface area contributed by atoms with E-state index in [1.807, 2.05) is 19.2 Å². The number of hydrogen-bond donors (Lipinski definition) is 1. The lowest BCUT2D eigenvalue weighted by Crippen LogP contribution is -2.10. The second-order valence-electron chi connectivity index (χ2n) is 3.77. The van der Waals surface area contributed by atoms with Crippen LogP contribution in [-0.4, -0.2) is 16.7 Å². The minimum absolute atomic E-state index is 0.383. The summed E-state index contributed by atoms with van der Waals surface area (Å²) < 4.78 is 2.09. The van der Waals surface area contributed by atoms with Gasteiger partial charge in [0.15, 0.2) is 0 Å². The highest BCUT2D eigenvalue weighted by atomic mass is 32.2. The van der Waals surface area contributed by atoms with E-state index in [1.165, 1.54) is 16.0 Å². The summed E-state index contributed by atoms with van der Waals surface area (Å²) in [5.74, 6) is -0.383. The fourth-order valence-corrected chi connectivity index (χ4v) is 2.76. The number of amides is 1. The molecular weight excluding hydrogens is 220 g/mol. The average Bonchev–Trinajstić information content (AvgIpc) is 2.51. The van der Waals surface area contributed by atoms with Crippen molar-refractivity contribution in [2.45, 2.75) is 11.8 Å². The zero-order chi connectivity index (χ0) is 11.9. The van der Waals surface area contributed by atoms with E-state index in [2.05, 4.69) is 17.7 Å². The number of aryl methyl sites for hydroxylation is 1. The minimum atomic E-state index is -0.383. The summed E-state index contributed by atoms with van der Waals surface area (Å²) in [5, 5.41) is 1.18. The summed E-state index contributed by atoms with van der Waals surface area (Å²) >= 11 is 1.72. The molecule has 1 aromatic carbocycles. The van der Waals surface area contributed by atoms with Crippen LogP contribution in [0.4, 0.5) is 0 Å². The molecule has 1 aromatic heterocycles. The Balaban J connectivity index is 2.80. The number of aromatic nitrogens is 1. The Labute approximate surface area is 98.6 Å². The first-order chi connectivity index (χ1) is 7.56. The highest BCUT2D eigenvalue weighted by Gasteiger charge is 2.12. The van der Waals surface area contributed by atoms with Gasteiger partial charge in [-0.2, -0.15) is 0 Å². The molecule has 0 saturated heterocycles. The molecule has 0 bridgehead atoms. The van der Waals surface area contributed by atoms with Crippen molar-refractivity contribution in [1.82, 2.24) is 4.57 Å². The molecule has 0 aliphatic carbocycles.